The van der Waals surface area contributed by atoms with Crippen LogP contribution in [0, 0.1) is 4.77 Å². The zero-order chi connectivity index (χ0) is 13.3. The van der Waals surface area contributed by atoms with Gasteiger partial charge in [0.25, 0.3) is 0 Å². The van der Waals surface area contributed by atoms with Crippen molar-refractivity contribution < 1.29 is 9.53 Å². The van der Waals surface area contributed by atoms with Gasteiger partial charge in [0.1, 0.15) is 12.1 Å². The molecule has 0 fully saturated rings. The van der Waals surface area contributed by atoms with Crippen LogP contribution in [0.1, 0.15) is 12.6 Å². The number of aromatic nitrogens is 4. The number of ether oxygens (including phenoxy) is 1. The number of nitrogens with zero attached hydrogens (tertiary/aromatic N) is 3. The first kappa shape index (κ1) is 12.6. The summed E-state index contributed by atoms with van der Waals surface area (Å²) < 4.78 is 8.92. The lowest BCUT2D eigenvalue weighted by Crippen LogP contribution is -2.17. The predicted molar refractivity (Wildman–Crippen MR) is 68.8 cm³/mol. The van der Waals surface area contributed by atoms with E-state index in [0.717, 1.165) is 23.3 Å². The number of aromatic amines is 1. The van der Waals surface area contributed by atoms with E-state index in [1.54, 1.807) is 4.68 Å². The minimum atomic E-state index is -0.785. The van der Waals surface area contributed by atoms with Gasteiger partial charge in [-0.15, -0.1) is 0 Å². The van der Waals surface area contributed by atoms with Crippen molar-refractivity contribution in [2.45, 2.75) is 19.9 Å². The number of amides is 1. The number of fused-ring (bicyclic) bond motifs is 1. The molecule has 0 aliphatic carbocycles. The van der Waals surface area contributed by atoms with Crippen molar-refractivity contribution in [2.75, 3.05) is 6.61 Å². The summed E-state index contributed by atoms with van der Waals surface area (Å²) in [6.07, 6.45) is 0.0391. The lowest BCUT2D eigenvalue weighted by Gasteiger charge is -2.04. The Kier molecular flexibility index (Phi) is 3.37. The first-order valence-electron chi connectivity index (χ1n) is 5.61. The van der Waals surface area contributed by atoms with Gasteiger partial charge in [-0.1, -0.05) is 6.92 Å². The lowest BCUT2D eigenvalue weighted by molar-refractivity contribution is 0.152. The fraction of sp³-hybridized carbons (Fsp3) is 0.500. The molecule has 2 rings (SSSR count). The average molecular weight is 269 g/mol. The number of imidazole rings is 1. The van der Waals surface area contributed by atoms with Gasteiger partial charge >= 0.3 is 6.09 Å². The predicted octanol–water partition coefficient (Wildman–Crippen LogP) is 1.09. The maximum atomic E-state index is 10.5. The maximum Gasteiger partial charge on any atom is 0.404 e. The zero-order valence-electron chi connectivity index (χ0n) is 10.3. The van der Waals surface area contributed by atoms with E-state index in [1.165, 1.54) is 0 Å². The highest BCUT2D eigenvalue weighted by atomic mass is 32.1. The molecule has 0 radical (unpaired) electrons. The Labute approximate surface area is 109 Å². The maximum absolute atomic E-state index is 10.5. The number of hydrogen-bond donors (Lipinski definition) is 2. The van der Waals surface area contributed by atoms with Gasteiger partial charge < -0.3 is 15.5 Å². The van der Waals surface area contributed by atoms with Crippen LogP contribution in [0.15, 0.2) is 0 Å². The number of nitrogens with two attached hydrogens (primary N) is 1. The van der Waals surface area contributed by atoms with Crippen LogP contribution in [0.4, 0.5) is 4.79 Å². The van der Waals surface area contributed by atoms with Gasteiger partial charge in [-0.25, -0.2) is 4.79 Å². The largest absolute Gasteiger partial charge is 0.448 e. The third-order valence-electron chi connectivity index (χ3n) is 2.72. The van der Waals surface area contributed by atoms with Crippen LogP contribution in [0.5, 0.6) is 0 Å². The topological polar surface area (TPSA) is 90.9 Å². The number of rotatable bonds is 4. The van der Waals surface area contributed by atoms with Gasteiger partial charge in [-0.05, 0) is 18.6 Å². The van der Waals surface area contributed by atoms with E-state index in [4.69, 9.17) is 22.7 Å². The molecular weight excluding hydrogens is 254 g/mol. The molecule has 0 saturated carbocycles. The van der Waals surface area contributed by atoms with Crippen LogP contribution in [0.2, 0.25) is 0 Å². The molecule has 0 spiro atoms. The zero-order valence-corrected chi connectivity index (χ0v) is 11.1. The second-order valence-electron chi connectivity index (χ2n) is 3.87. The lowest BCUT2D eigenvalue weighted by atomic mass is 10.3. The Morgan fingerprint density at radius 2 is 2.33 bits per heavy atom. The minimum absolute atomic E-state index is 0.184. The molecule has 0 bridgehead atoms. The molecule has 1 amide bonds. The summed E-state index contributed by atoms with van der Waals surface area (Å²) in [5, 5.41) is 4.40. The highest BCUT2D eigenvalue weighted by Crippen LogP contribution is 2.17. The normalized spacial score (nSPS) is 11.0. The van der Waals surface area contributed by atoms with Crippen molar-refractivity contribution in [3.8, 4) is 0 Å². The van der Waals surface area contributed by atoms with E-state index in [1.807, 2.05) is 18.5 Å². The Balaban J connectivity index is 2.37. The van der Waals surface area contributed by atoms with E-state index in [9.17, 15) is 4.79 Å². The highest BCUT2D eigenvalue weighted by molar-refractivity contribution is 7.71. The van der Waals surface area contributed by atoms with Gasteiger partial charge in [-0.3, -0.25) is 9.25 Å². The second-order valence-corrected chi connectivity index (χ2v) is 4.26. The number of H-pyrrole nitrogens is 1. The quantitative estimate of drug-likeness (QED) is 0.813. The molecular formula is C10H15N5O2S. The fourth-order valence-electron chi connectivity index (χ4n) is 1.97. The van der Waals surface area contributed by atoms with Crippen LogP contribution < -0.4 is 5.73 Å². The molecule has 18 heavy (non-hydrogen) atoms. The summed E-state index contributed by atoms with van der Waals surface area (Å²) in [5.41, 5.74) is 7.71. The van der Waals surface area contributed by atoms with Gasteiger partial charge in [0, 0.05) is 7.05 Å². The van der Waals surface area contributed by atoms with Crippen molar-refractivity contribution in [2.24, 2.45) is 12.8 Å². The number of nitrogens with one attached hydrogen (secondary N) is 1. The van der Waals surface area contributed by atoms with Gasteiger partial charge in [0.2, 0.25) is 0 Å². The number of carbonyl (C=O) groups is 1. The van der Waals surface area contributed by atoms with Crippen LogP contribution in [0.25, 0.3) is 11.2 Å². The van der Waals surface area contributed by atoms with Gasteiger partial charge in [-0.2, -0.15) is 5.10 Å². The first-order chi connectivity index (χ1) is 8.54. The standard InChI is InChI=1S/C10H15N5O2S/c1-3-6-7-8(14(2)13-6)15(10(18)12-7)4-5-17-9(11)16/h3-5H2,1-2H3,(H2,11,16)(H,12,18). The number of carbonyl (C=O) groups excluding carboxylic acids is 1. The molecule has 0 aliphatic rings. The molecule has 98 valence electrons. The Morgan fingerprint density at radius 3 is 2.94 bits per heavy atom. The van der Waals surface area contributed by atoms with Crippen LogP contribution in [0.3, 0.4) is 0 Å². The van der Waals surface area contributed by atoms with E-state index >= 15 is 0 Å². The molecule has 8 heteroatoms. The molecule has 0 saturated heterocycles. The monoisotopic (exact) mass is 269 g/mol. The summed E-state index contributed by atoms with van der Waals surface area (Å²) in [6, 6.07) is 0. The Bertz CT molecular complexity index is 639. The van der Waals surface area contributed by atoms with Crippen molar-refractivity contribution in [1.29, 1.82) is 0 Å². The highest BCUT2D eigenvalue weighted by Gasteiger charge is 2.14. The number of primary amides is 1. The summed E-state index contributed by atoms with van der Waals surface area (Å²) in [6.45, 7) is 2.67. The molecule has 0 atom stereocenters. The van der Waals surface area contributed by atoms with E-state index in [0.29, 0.717) is 11.3 Å². The Hall–Kier alpha value is -1.83. The Morgan fingerprint density at radius 1 is 1.61 bits per heavy atom. The molecule has 2 aromatic heterocycles. The van der Waals surface area contributed by atoms with Crippen molar-refractivity contribution in [1.82, 2.24) is 19.3 Å². The first-order valence-corrected chi connectivity index (χ1v) is 6.02. The van der Waals surface area contributed by atoms with Gasteiger partial charge in [0.05, 0.1) is 12.2 Å². The van der Waals surface area contributed by atoms with Crippen molar-refractivity contribution in [3.05, 3.63) is 10.5 Å². The summed E-state index contributed by atoms with van der Waals surface area (Å²) in [4.78, 5) is 13.7. The summed E-state index contributed by atoms with van der Waals surface area (Å²) in [5.74, 6) is 0. The molecule has 2 aromatic rings. The van der Waals surface area contributed by atoms with E-state index in [-0.39, 0.29) is 6.61 Å². The number of aryl methyl sites for hydroxylation is 2. The average Bonchev–Trinajstić information content (AvgIpc) is 2.77. The summed E-state index contributed by atoms with van der Waals surface area (Å²) >= 11 is 5.25. The van der Waals surface area contributed by atoms with Crippen LogP contribution in [-0.2, 0) is 24.8 Å². The molecule has 3 N–H and O–H groups in total. The fourth-order valence-corrected chi connectivity index (χ4v) is 2.25. The molecule has 0 aromatic carbocycles. The van der Waals surface area contributed by atoms with Crippen LogP contribution >= 0.6 is 12.2 Å². The van der Waals surface area contributed by atoms with Crippen molar-refractivity contribution in [3.63, 3.8) is 0 Å². The van der Waals surface area contributed by atoms with E-state index < -0.39 is 6.09 Å². The third kappa shape index (κ3) is 2.10. The second kappa shape index (κ2) is 4.81. The molecule has 0 aliphatic heterocycles. The van der Waals surface area contributed by atoms with E-state index in [2.05, 4.69) is 10.1 Å². The van der Waals surface area contributed by atoms with Gasteiger partial charge in [0.15, 0.2) is 10.4 Å². The van der Waals surface area contributed by atoms with Crippen molar-refractivity contribution >= 4 is 29.5 Å². The molecule has 2 heterocycles. The third-order valence-corrected chi connectivity index (χ3v) is 3.04. The minimum Gasteiger partial charge on any atom is -0.448 e. The molecule has 7 nitrogen and oxygen atoms in total. The summed E-state index contributed by atoms with van der Waals surface area (Å²) in [7, 11) is 1.86. The van der Waals surface area contributed by atoms with Crippen LogP contribution in [-0.4, -0.2) is 32.0 Å². The SMILES string of the molecule is CCc1nn(C)c2c1[nH]c(=S)n2CCOC(N)=O. The molecule has 0 unspecified atom stereocenters. The number of hydrogen-bond acceptors (Lipinski definition) is 4. The smallest absolute Gasteiger partial charge is 0.404 e.